The molecule has 50 N–H and O–H groups in total. The summed E-state index contributed by atoms with van der Waals surface area (Å²) in [5.41, 5.74) is 0. The van der Waals surface area contributed by atoms with Crippen molar-refractivity contribution in [3.05, 3.63) is 0 Å². The van der Waals surface area contributed by atoms with E-state index in [-0.39, 0.29) is 129 Å². The molecular formula is C69H145Cl4N2O57S5Se-. The number of β-amino-alcohol motifs (C(OH)–C–C–N with tert-alkyl or cyclic N) is 4. The van der Waals surface area contributed by atoms with Crippen LogP contribution in [0.2, 0.25) is 15.5 Å². The fraction of sp³-hybridized carbons (Fsp3) is 1.00. The molecule has 4 unspecified atom stereocenters. The summed E-state index contributed by atoms with van der Waals surface area (Å²) in [4.78, 5) is 2.03. The van der Waals surface area contributed by atoms with Crippen LogP contribution >= 0.6 is 12.4 Å². The minimum atomic E-state index is -5.45. The van der Waals surface area contributed by atoms with Gasteiger partial charge in [0, 0.05) is 58.9 Å². The Morgan fingerprint density at radius 2 is 0.565 bits per heavy atom. The summed E-state index contributed by atoms with van der Waals surface area (Å²) in [6, 6.07) is -1.85. The molecule has 0 aromatic carbocycles. The van der Waals surface area contributed by atoms with E-state index in [0.29, 0.717) is 5.32 Å². The van der Waals surface area contributed by atoms with Gasteiger partial charge in [0.15, 0.2) is 15.7 Å². The van der Waals surface area contributed by atoms with Crippen LogP contribution in [0.4, 0.5) is 0 Å². The zero-order valence-electron chi connectivity index (χ0n) is 73.1. The van der Waals surface area contributed by atoms with Crippen molar-refractivity contribution in [1.29, 1.82) is 0 Å². The van der Waals surface area contributed by atoms with E-state index in [1.54, 1.807) is 0 Å². The van der Waals surface area contributed by atoms with Crippen molar-refractivity contribution in [2.75, 3.05) is 140 Å². The third-order valence-corrected chi connectivity index (χ3v) is 38.6. The van der Waals surface area contributed by atoms with Gasteiger partial charge in [-0.3, -0.25) is 18.5 Å². The molecule has 0 spiro atoms. The monoisotopic (exact) mass is 2290 g/mol. The summed E-state index contributed by atoms with van der Waals surface area (Å²) >= 11 is -2.00. The van der Waals surface area contributed by atoms with Crippen molar-refractivity contribution in [3.8, 4) is 0 Å². The topological polar surface area (TPSA) is 1130 Å². The predicted molar refractivity (Wildman–Crippen MR) is 459 cm³/mol. The van der Waals surface area contributed by atoms with Crippen molar-refractivity contribution in [3.63, 3.8) is 0 Å². The minimum Gasteiger partial charge on any atom is -1.00 e. The van der Waals surface area contributed by atoms with Gasteiger partial charge in [-0.05, 0) is 0 Å². The van der Waals surface area contributed by atoms with E-state index in [9.17, 15) is 241 Å². The number of likely N-dealkylation sites (tertiary alicyclic amines) is 2. The second kappa shape index (κ2) is 69.8. The number of nitrogens with zero attached hydrogens (tertiary/aromatic N) is 2. The molecule has 0 aliphatic carbocycles. The number of hydrogen-bond acceptors (Lipinski definition) is 58. The van der Waals surface area contributed by atoms with Gasteiger partial charge in [0.2, 0.25) is 10.4 Å². The Bertz CT molecular complexity index is 3150. The SMILES string of the molecule is Cl.O=S(=O)(O)O[C@@H]([C@H](O)[C@H](O)[C@H](O)CO)[C@H](O)C[S+]1C[C@@H](O)[C@H](O)[C@H]1CO.O=S(=O)([O-])O[C@@H]([C@H](O)[C@H](O)[C@@H](O)CO)[C@H](O)CN1C[C@@H](O)[C@H](O)[C@H]1CO.OC[C@@H](O)[C@@H](O)[C@H](O)[C@H](O)C[S+]1C[C@@H](O)[C@H](O)[C@H]1CO.OC[C@@H](O)[C@@H](O)[C@H](O)[C@H](O)C[SeH]1C[C@@H](O)[C@H](O)[C@H]1CO.OC[C@@H]1[C@@H](O)[C@H](O)CN1C[C@@H](O)[C@@H](O)[C@H](O)[C@H](O)[C@@H](O)CO.OC[C@@H]1[C@@H](O)[C@H](O)C[S+]1C[C@@H](O)[C@@H](O)[C@H](O)[C@@H](O)CO.[Cl-].[Cl-].[Cl-]. The van der Waals surface area contributed by atoms with E-state index in [0.717, 1.165) is 4.90 Å². The first-order chi connectivity index (χ1) is 62.1. The van der Waals surface area contributed by atoms with E-state index in [4.69, 9.17) is 35.2 Å². The molecule has 6 aliphatic rings. The summed E-state index contributed by atoms with van der Waals surface area (Å²) in [6.45, 7) is -8.86. The van der Waals surface area contributed by atoms with Crippen molar-refractivity contribution in [2.24, 2.45) is 0 Å². The molecule has 6 heterocycles. The van der Waals surface area contributed by atoms with Crippen molar-refractivity contribution in [2.45, 2.75) is 281 Å². The number of hydrogen-bond donors (Lipinski definition) is 50. The van der Waals surface area contributed by atoms with Gasteiger partial charge in [0.25, 0.3) is 0 Å². The molecule has 6 saturated heterocycles. The van der Waals surface area contributed by atoms with Crippen molar-refractivity contribution < 1.29 is 322 Å². The summed E-state index contributed by atoms with van der Waals surface area (Å²) in [5.74, 6) is -0.0480. The number of aliphatic hydroxyl groups excluding tert-OH is 49. The first kappa shape index (κ1) is 145. The van der Waals surface area contributed by atoms with Crippen LogP contribution in [0.1, 0.15) is 0 Å². The first-order valence-electron chi connectivity index (χ1n) is 41.1. The molecule has 0 aromatic rings. The maximum atomic E-state index is 11.0. The van der Waals surface area contributed by atoms with Gasteiger partial charge in [0.1, 0.15) is 199 Å². The molecule has 0 bridgehead atoms. The second-order valence-corrected chi connectivity index (χ2v) is 47.0. The third-order valence-electron chi connectivity index (χ3n) is 22.7. The van der Waals surface area contributed by atoms with Gasteiger partial charge in [-0.1, -0.05) is 0 Å². The van der Waals surface area contributed by atoms with Crippen LogP contribution in [0.25, 0.3) is 0 Å². The summed E-state index contributed by atoms with van der Waals surface area (Å²) in [5, 5.41) is 463. The van der Waals surface area contributed by atoms with Gasteiger partial charge in [-0.25, -0.2) is 12.6 Å². The van der Waals surface area contributed by atoms with E-state index in [1.807, 2.05) is 0 Å². The van der Waals surface area contributed by atoms with Crippen LogP contribution in [-0.4, -0.2) is 706 Å². The predicted octanol–water partition coefficient (Wildman–Crippen LogP) is -40.4. The average molecular weight is 2300 g/mol. The van der Waals surface area contributed by atoms with Gasteiger partial charge >= 0.3 is 130 Å². The van der Waals surface area contributed by atoms with Crippen LogP contribution in [0, 0.1) is 0 Å². The Balaban J connectivity index is -0.000000779. The summed E-state index contributed by atoms with van der Waals surface area (Å²) < 4.78 is 71.6. The Morgan fingerprint density at radius 3 is 0.841 bits per heavy atom. The number of aliphatic hydroxyl groups is 49. The minimum absolute atomic E-state index is 0. The quantitative estimate of drug-likeness (QED) is 0.0116. The van der Waals surface area contributed by atoms with Crippen LogP contribution in [0.3, 0.4) is 0 Å². The Hall–Kier alpha value is 0.429. The molecule has 0 radical (unpaired) electrons. The van der Waals surface area contributed by atoms with Gasteiger partial charge in [0.05, 0.1) is 115 Å². The molecule has 59 nitrogen and oxygen atoms in total. The first-order valence-corrected chi connectivity index (χ1v) is 52.4. The van der Waals surface area contributed by atoms with Gasteiger partial charge in [-0.2, -0.15) is 8.42 Å². The zero-order chi connectivity index (χ0) is 104. The summed E-state index contributed by atoms with van der Waals surface area (Å²) in [6.07, 6.45) is -62.0. The smallest absolute Gasteiger partial charge is 0.169 e. The third kappa shape index (κ3) is 44.0. The van der Waals surface area contributed by atoms with Crippen LogP contribution in [0.5, 0.6) is 0 Å². The van der Waals surface area contributed by atoms with E-state index in [1.165, 1.54) is 4.90 Å². The van der Waals surface area contributed by atoms with Crippen LogP contribution in [-0.2, 0) is 61.8 Å². The van der Waals surface area contributed by atoms with E-state index >= 15 is 0 Å². The number of halogens is 4. The molecule has 6 rings (SSSR count). The Morgan fingerprint density at radius 1 is 0.304 bits per heavy atom. The van der Waals surface area contributed by atoms with E-state index in [2.05, 4.69) is 8.37 Å². The zero-order valence-corrected chi connectivity index (χ0v) is 82.1. The molecule has 0 saturated carbocycles. The van der Waals surface area contributed by atoms with Crippen molar-refractivity contribution in [1.82, 2.24) is 9.80 Å². The van der Waals surface area contributed by atoms with Gasteiger partial charge in [-0.15, -0.1) is 12.4 Å². The normalized spacial score (nSPS) is 33.5. The second-order valence-electron chi connectivity index (χ2n) is 32.5. The van der Waals surface area contributed by atoms with Crippen LogP contribution in [0.15, 0.2) is 0 Å². The fourth-order valence-electron chi connectivity index (χ4n) is 14.5. The number of rotatable bonds is 49. The fourth-order valence-corrected chi connectivity index (χ4v) is 29.8. The Kier molecular flexibility index (Phi) is 73.2. The van der Waals surface area contributed by atoms with Crippen molar-refractivity contribution >= 4 is 79.8 Å². The maximum absolute atomic E-state index is 11.0. The molecule has 838 valence electrons. The average Bonchev–Trinajstić information content (AvgIpc) is 2.16. The molecule has 0 aromatic heterocycles. The molecule has 69 heteroatoms. The maximum Gasteiger partial charge on any atom is 0.169 e. The van der Waals surface area contributed by atoms with Gasteiger partial charge < -0.3 is 251 Å². The van der Waals surface area contributed by atoms with E-state index < -0.39 is 404 Å². The summed E-state index contributed by atoms with van der Waals surface area (Å²) in [7, 11) is -13.1. The molecule has 138 heavy (non-hydrogen) atoms. The Labute approximate surface area is 827 Å². The molecular weight excluding hydrogens is 2150 g/mol. The molecule has 0 amide bonds. The standard InChI is InChI=1S/C12H25NO12S.C12H25NO9.C12H24O12S2.2C11H23O8S.C11H24O8Se.4ClH/c14-3-5-9(19)6(16)1-13(5)2-7(17)12(25-26(22,23)24)11(21)10(20)8(18)4-15;14-3-5-9(19)6(16)1-13(5)2-7(17)10(20)12(22)11(21)8(18)4-15;13-1-5(15)10(19)11(20)12(24-26(21,22)23)7(17)4-25-3-6(16)9(18)8(25)2-14;3*12-1-5(14)10(18)11(19)7(16)4-20-3-6(15)9(17)8(20)2-13;;;;/h5-12,14-21H,1-4H2,(H,22,23,24);5-12,14-22H,1-4H2;5-20H,1-4H2;2*5-19H,1-4H2;5-20H,1-4H2;4*1H/q;;;2*+1;;;;;/p-3/t5-,6-,7-,8+,9-,10-,11-,12-;5-,6-,7-,8+,9-,10-,11-,12+;5-,6-,7-,8-,9+,10-,11-,12-,25?;5-,6+,7+,8+,9-,10+,11+,20?;5-,6-,7-,8-,9+,10-,11-,20?;5-,6-,7-,8-,9+,10-,11-;;;;/m111011..../s1. The van der Waals surface area contributed by atoms with Crippen LogP contribution < -0.4 is 37.2 Å². The molecule has 6 fully saturated rings. The molecule has 49 atom stereocenters. The largest absolute Gasteiger partial charge is 1.00 e. The molecule has 6 aliphatic heterocycles.